The molecule has 0 aliphatic heterocycles. The van der Waals surface area contributed by atoms with Crippen molar-refractivity contribution in [2.45, 2.75) is 50.9 Å². The fraction of sp³-hybridized carbons (Fsp3) is 0.435. The van der Waals surface area contributed by atoms with Gasteiger partial charge >= 0.3 is 6.18 Å². The molecule has 0 aromatic carbocycles. The van der Waals surface area contributed by atoms with Crippen molar-refractivity contribution < 1.29 is 26.4 Å². The SMILES string of the molecule is CCS(=O)(=O)c1nn2c(C(=O)NC(C)C3CC3)c(C)cnc2c1-c1nc2cc(C(F)(F)F)cnc2n1C. The maximum Gasteiger partial charge on any atom is 0.417 e. The van der Waals surface area contributed by atoms with E-state index >= 15 is 0 Å². The van der Waals surface area contributed by atoms with E-state index < -0.39 is 27.5 Å². The number of halogens is 3. The monoisotopic (exact) mass is 535 g/mol. The van der Waals surface area contributed by atoms with Gasteiger partial charge in [0.25, 0.3) is 5.91 Å². The Balaban J connectivity index is 1.77. The molecule has 0 saturated heterocycles. The van der Waals surface area contributed by atoms with Crippen molar-refractivity contribution >= 4 is 32.6 Å². The van der Waals surface area contributed by atoms with Crippen LogP contribution in [-0.4, -0.2) is 55.3 Å². The van der Waals surface area contributed by atoms with Gasteiger partial charge < -0.3 is 9.88 Å². The topological polar surface area (TPSA) is 124 Å². The zero-order chi connectivity index (χ0) is 26.9. The Labute approximate surface area is 209 Å². The molecule has 1 unspecified atom stereocenters. The van der Waals surface area contributed by atoms with Crippen LogP contribution in [0.15, 0.2) is 23.5 Å². The molecule has 4 heterocycles. The number of rotatable bonds is 6. The number of carbonyl (C=O) groups is 1. The van der Waals surface area contributed by atoms with E-state index in [4.69, 9.17) is 0 Å². The van der Waals surface area contributed by atoms with Gasteiger partial charge in [0.15, 0.2) is 26.2 Å². The van der Waals surface area contributed by atoms with Gasteiger partial charge in [-0.2, -0.15) is 18.3 Å². The molecule has 4 aromatic heterocycles. The number of imidazole rings is 1. The van der Waals surface area contributed by atoms with Gasteiger partial charge in [-0.1, -0.05) is 6.92 Å². The number of aromatic nitrogens is 6. The molecule has 1 fully saturated rings. The van der Waals surface area contributed by atoms with E-state index in [1.165, 1.54) is 29.3 Å². The molecule has 1 amide bonds. The third-order valence-corrected chi connectivity index (χ3v) is 8.27. The number of nitrogens with zero attached hydrogens (tertiary/aromatic N) is 6. The van der Waals surface area contributed by atoms with Crippen LogP contribution in [0.4, 0.5) is 13.2 Å². The maximum absolute atomic E-state index is 13.3. The molecule has 1 N–H and O–H groups in total. The molecule has 1 saturated carbocycles. The average Bonchev–Trinajstić information content (AvgIpc) is 3.54. The fourth-order valence-electron chi connectivity index (χ4n) is 4.32. The molecular weight excluding hydrogens is 511 g/mol. The highest BCUT2D eigenvalue weighted by atomic mass is 32.2. The molecule has 4 aromatic rings. The van der Waals surface area contributed by atoms with Gasteiger partial charge in [-0.3, -0.25) is 4.79 Å². The molecule has 37 heavy (non-hydrogen) atoms. The maximum atomic E-state index is 13.3. The van der Waals surface area contributed by atoms with Crippen molar-refractivity contribution in [1.29, 1.82) is 0 Å². The first kappa shape index (κ1) is 25.1. The van der Waals surface area contributed by atoms with Gasteiger partial charge in [0, 0.05) is 25.5 Å². The van der Waals surface area contributed by atoms with E-state index in [2.05, 4.69) is 25.4 Å². The Morgan fingerprint density at radius 1 is 1.22 bits per heavy atom. The third-order valence-electron chi connectivity index (χ3n) is 6.63. The molecule has 196 valence electrons. The van der Waals surface area contributed by atoms with Crippen LogP contribution in [0, 0.1) is 12.8 Å². The Hall–Kier alpha value is -3.55. The summed E-state index contributed by atoms with van der Waals surface area (Å²) in [5.74, 6) is -0.332. The summed E-state index contributed by atoms with van der Waals surface area (Å²) < 4.78 is 68.6. The molecule has 5 rings (SSSR count). The molecule has 10 nitrogen and oxygen atoms in total. The number of hydrogen-bond donors (Lipinski definition) is 1. The number of aryl methyl sites for hydroxylation is 2. The molecule has 0 radical (unpaired) electrons. The first-order valence-corrected chi connectivity index (χ1v) is 13.3. The summed E-state index contributed by atoms with van der Waals surface area (Å²) in [6.07, 6.45) is -0.457. The molecule has 1 atom stereocenters. The van der Waals surface area contributed by atoms with Crippen LogP contribution < -0.4 is 5.32 Å². The molecular formula is C23H24F3N7O3S. The van der Waals surface area contributed by atoms with Gasteiger partial charge in [0.2, 0.25) is 0 Å². The van der Waals surface area contributed by atoms with Gasteiger partial charge in [-0.25, -0.2) is 27.9 Å². The lowest BCUT2D eigenvalue weighted by Crippen LogP contribution is -2.35. The van der Waals surface area contributed by atoms with Gasteiger partial charge in [-0.15, -0.1) is 0 Å². The Morgan fingerprint density at radius 3 is 2.51 bits per heavy atom. The van der Waals surface area contributed by atoms with E-state index in [1.807, 2.05) is 6.92 Å². The Morgan fingerprint density at radius 2 is 1.89 bits per heavy atom. The largest absolute Gasteiger partial charge is 0.417 e. The first-order valence-electron chi connectivity index (χ1n) is 11.7. The summed E-state index contributed by atoms with van der Waals surface area (Å²) in [6, 6.07) is 0.777. The molecule has 14 heteroatoms. The second kappa shape index (κ2) is 8.50. The van der Waals surface area contributed by atoms with Gasteiger partial charge in [0.05, 0.1) is 11.3 Å². The lowest BCUT2D eigenvalue weighted by Gasteiger charge is -2.14. The van der Waals surface area contributed by atoms with Crippen molar-refractivity contribution in [3.8, 4) is 11.4 Å². The van der Waals surface area contributed by atoms with E-state index in [1.54, 1.807) is 6.92 Å². The van der Waals surface area contributed by atoms with Crippen LogP contribution in [0.3, 0.4) is 0 Å². The second-order valence-corrected chi connectivity index (χ2v) is 11.5. The van der Waals surface area contributed by atoms with Crippen molar-refractivity contribution in [3.63, 3.8) is 0 Å². The number of sulfone groups is 1. The number of carbonyl (C=O) groups excluding carboxylic acids is 1. The quantitative estimate of drug-likeness (QED) is 0.402. The highest BCUT2D eigenvalue weighted by Gasteiger charge is 2.35. The first-order chi connectivity index (χ1) is 17.3. The number of alkyl halides is 3. The smallest absolute Gasteiger partial charge is 0.348 e. The van der Waals surface area contributed by atoms with Crippen LogP contribution in [-0.2, 0) is 23.1 Å². The summed E-state index contributed by atoms with van der Waals surface area (Å²) in [4.78, 5) is 25.8. The van der Waals surface area contributed by atoms with Crippen molar-refractivity contribution in [2.24, 2.45) is 13.0 Å². The predicted molar refractivity (Wildman–Crippen MR) is 128 cm³/mol. The third kappa shape index (κ3) is 4.22. The van der Waals surface area contributed by atoms with Crippen molar-refractivity contribution in [3.05, 3.63) is 35.3 Å². The van der Waals surface area contributed by atoms with Crippen molar-refractivity contribution in [1.82, 2.24) is 34.4 Å². The highest BCUT2D eigenvalue weighted by molar-refractivity contribution is 7.91. The summed E-state index contributed by atoms with van der Waals surface area (Å²) in [6.45, 7) is 5.02. The number of nitrogens with one attached hydrogen (secondary N) is 1. The van der Waals surface area contributed by atoms with Gasteiger partial charge in [0.1, 0.15) is 22.6 Å². The lowest BCUT2D eigenvalue weighted by molar-refractivity contribution is -0.137. The average molecular weight is 536 g/mol. The molecule has 0 spiro atoms. The van der Waals surface area contributed by atoms with Crippen LogP contribution in [0.1, 0.15) is 48.3 Å². The lowest BCUT2D eigenvalue weighted by atomic mass is 10.2. The number of amides is 1. The summed E-state index contributed by atoms with van der Waals surface area (Å²) in [5.41, 5.74) is -0.322. The molecule has 1 aliphatic rings. The summed E-state index contributed by atoms with van der Waals surface area (Å²) in [5, 5.41) is 6.88. The highest BCUT2D eigenvalue weighted by Crippen LogP contribution is 2.36. The minimum Gasteiger partial charge on any atom is -0.348 e. The van der Waals surface area contributed by atoms with Gasteiger partial charge in [-0.05, 0) is 44.2 Å². The number of fused-ring (bicyclic) bond motifs is 2. The van der Waals surface area contributed by atoms with Crippen LogP contribution >= 0.6 is 0 Å². The van der Waals surface area contributed by atoms with Crippen molar-refractivity contribution in [2.75, 3.05) is 5.75 Å². The predicted octanol–water partition coefficient (Wildman–Crippen LogP) is 3.33. The van der Waals surface area contributed by atoms with Crippen LogP contribution in [0.5, 0.6) is 0 Å². The fourth-order valence-corrected chi connectivity index (χ4v) is 5.29. The zero-order valence-electron chi connectivity index (χ0n) is 20.5. The summed E-state index contributed by atoms with van der Waals surface area (Å²) >= 11 is 0. The minimum atomic E-state index is -4.63. The second-order valence-electron chi connectivity index (χ2n) is 9.27. The molecule has 0 bridgehead atoms. The van der Waals surface area contributed by atoms with E-state index in [-0.39, 0.29) is 50.7 Å². The Kier molecular flexibility index (Phi) is 5.77. The molecule has 1 aliphatic carbocycles. The van der Waals surface area contributed by atoms with Crippen LogP contribution in [0.2, 0.25) is 0 Å². The van der Waals surface area contributed by atoms with E-state index in [0.29, 0.717) is 17.7 Å². The Bertz CT molecular complexity index is 1670. The zero-order valence-corrected chi connectivity index (χ0v) is 21.3. The summed E-state index contributed by atoms with van der Waals surface area (Å²) in [7, 11) is -2.45. The van der Waals surface area contributed by atoms with Crippen LogP contribution in [0.25, 0.3) is 28.2 Å². The van der Waals surface area contributed by atoms with E-state index in [9.17, 15) is 26.4 Å². The number of pyridine rings is 1. The van der Waals surface area contributed by atoms with E-state index in [0.717, 1.165) is 18.9 Å². The minimum absolute atomic E-state index is 0.0120. The standard InChI is InChI=1S/C23H24F3N7O3S/c1-5-37(35,36)22-16(20-30-15-8-14(23(24,25)26)10-28-18(15)32(20)4)19-27-9-11(2)17(33(19)31-22)21(34)29-12(3)13-6-7-13/h8-10,12-13H,5-7H2,1-4H3,(H,29,34). The normalized spacial score (nSPS) is 15.4. The number of hydrogen-bond acceptors (Lipinski definition) is 7.